The normalized spacial score (nSPS) is 43.3. The van der Waals surface area contributed by atoms with Gasteiger partial charge in [0.1, 0.15) is 11.6 Å². The molecule has 0 bridgehead atoms. The molecule has 10 aliphatic rings. The Morgan fingerprint density at radius 2 is 0.955 bits per heavy atom. The maximum Gasteiger partial charge on any atom is 0.308 e. The summed E-state index contributed by atoms with van der Waals surface area (Å²) in [7, 11) is 1.45. The van der Waals surface area contributed by atoms with Crippen molar-refractivity contribution in [1.29, 1.82) is 0 Å². The van der Waals surface area contributed by atoms with Crippen molar-refractivity contribution in [2.24, 2.45) is 125 Å². The number of esters is 1. The Morgan fingerprint density at radius 1 is 0.511 bits per heavy atom. The highest BCUT2D eigenvalue weighted by Gasteiger charge is 2.74. The smallest absolute Gasteiger partial charge is 0.308 e. The summed E-state index contributed by atoms with van der Waals surface area (Å²) in [5.41, 5.74) is 8.56. The van der Waals surface area contributed by atoms with Crippen LogP contribution in [0, 0.1) is 119 Å². The van der Waals surface area contributed by atoms with Gasteiger partial charge in [-0.05, 0) is 266 Å². The molecule has 88 heavy (non-hydrogen) atoms. The van der Waals surface area contributed by atoms with Gasteiger partial charge in [-0.2, -0.15) is 0 Å². The van der Waals surface area contributed by atoms with Crippen molar-refractivity contribution in [3.8, 4) is 0 Å². The van der Waals surface area contributed by atoms with E-state index in [1.165, 1.54) is 43.9 Å². The molecule has 11 heteroatoms. The molecule has 11 nitrogen and oxygen atoms in total. The number of nitrogens with two attached hydrogens (primary N) is 1. The summed E-state index contributed by atoms with van der Waals surface area (Å²) in [5, 5.41) is 10.3. The predicted octanol–water partition coefficient (Wildman–Crippen LogP) is 15.1. The zero-order valence-electron chi connectivity index (χ0n) is 57.9. The first-order valence-electron chi connectivity index (χ1n) is 36.3. The molecule has 0 aromatic heterocycles. The molecule has 0 radical (unpaired) electrons. The van der Waals surface area contributed by atoms with Gasteiger partial charge in [0.15, 0.2) is 5.78 Å². The summed E-state index contributed by atoms with van der Waals surface area (Å²) >= 11 is 0. The number of allylic oxidation sites excluding steroid dienone is 2. The van der Waals surface area contributed by atoms with Crippen molar-refractivity contribution in [3.05, 3.63) is 24.3 Å². The summed E-state index contributed by atoms with van der Waals surface area (Å²) in [4.78, 5) is 82.5. The number of Topliss-reactive ketones (excluding diaryl/α,β-unsaturated/α-hetero) is 3. The highest BCUT2D eigenvalue weighted by Crippen LogP contribution is 2.79. The fraction of sp³-hybridized carbons (Fsp3) is 0.870. The fourth-order valence-electron chi connectivity index (χ4n) is 25.9. The fourth-order valence-corrected chi connectivity index (χ4v) is 25.9. The Kier molecular flexibility index (Phi) is 18.9. The van der Waals surface area contributed by atoms with Gasteiger partial charge >= 0.3 is 5.97 Å². The van der Waals surface area contributed by atoms with Gasteiger partial charge in [0.05, 0.1) is 29.9 Å². The van der Waals surface area contributed by atoms with Crippen molar-refractivity contribution < 1.29 is 33.5 Å². The standard InChI is InChI=1S/C77H124N4O7/c1-48(2)51-26-38-76(42-40-72(11)53(63(51)76)22-24-59-70(9)34-30-61(83)68(5,6)57(70)28-36-74(59,72)13)66(86)80-44-18-16-20-50(65(85)88-15)32-46-79-47-33-56(82)55(78)21-17-19-45-81-67(87)77-39-27-52(49(3)4)64(77)54-23-25-60-71(10)35-31-62(84)69(7,8)58(71)29-37-75(60,14)73(54,12)41-43-77/h50-55,57-60,63-64,79H,1,3,16-47,78H2,2,4-15H3,(H,80,86)(H,81,87)/t50?,51?,52?,53-,54-,55?,57+,58+,59-,60-,63?,64?,70+,71+,72-,73-,74-,75-,76?,77?/m1/s1. The minimum absolute atomic E-state index is 0.0285. The van der Waals surface area contributed by atoms with Crippen LogP contribution in [0.5, 0.6) is 0 Å². The summed E-state index contributed by atoms with van der Waals surface area (Å²) in [6, 6.07) is -0.555. The summed E-state index contributed by atoms with van der Waals surface area (Å²) in [5.74, 6) is 5.14. The second-order valence-electron chi connectivity index (χ2n) is 35.1. The van der Waals surface area contributed by atoms with Crippen molar-refractivity contribution in [2.45, 2.75) is 269 Å². The number of rotatable bonds is 22. The first-order chi connectivity index (χ1) is 41.3. The Hall–Kier alpha value is -3.18. The van der Waals surface area contributed by atoms with E-state index in [2.05, 4.69) is 112 Å². The molecule has 8 unspecified atom stereocenters. The van der Waals surface area contributed by atoms with E-state index < -0.39 is 6.04 Å². The van der Waals surface area contributed by atoms with Gasteiger partial charge in [-0.25, -0.2) is 0 Å². The summed E-state index contributed by atoms with van der Waals surface area (Å²) in [6.45, 7) is 40.3. The summed E-state index contributed by atoms with van der Waals surface area (Å²) < 4.78 is 5.26. The number of carbonyl (C=O) groups is 6. The number of fused-ring (bicyclic) bond motifs is 14. The average molecular weight is 1220 g/mol. The Bertz CT molecular complexity index is 2720. The molecule has 10 fully saturated rings. The molecule has 2 amide bonds. The molecule has 0 saturated heterocycles. The van der Waals surface area contributed by atoms with E-state index in [9.17, 15) is 28.8 Å². The van der Waals surface area contributed by atoms with E-state index in [4.69, 9.17) is 10.5 Å². The Morgan fingerprint density at radius 3 is 1.39 bits per heavy atom. The number of ether oxygens (including phenoxy) is 1. The summed E-state index contributed by atoms with van der Waals surface area (Å²) in [6.07, 6.45) is 25.9. The molecule has 0 heterocycles. The lowest BCUT2D eigenvalue weighted by molar-refractivity contribution is -0.233. The van der Waals surface area contributed by atoms with Crippen LogP contribution in [0.1, 0.15) is 263 Å². The molecule has 20 atom stereocenters. The third kappa shape index (κ3) is 10.6. The van der Waals surface area contributed by atoms with Crippen LogP contribution < -0.4 is 21.7 Å². The van der Waals surface area contributed by atoms with E-state index in [1.807, 2.05) is 0 Å². The quantitative estimate of drug-likeness (QED) is 0.0467. The lowest BCUT2D eigenvalue weighted by Crippen LogP contribution is -2.67. The van der Waals surface area contributed by atoms with Gasteiger partial charge in [-0.3, -0.25) is 28.8 Å². The predicted molar refractivity (Wildman–Crippen MR) is 352 cm³/mol. The van der Waals surface area contributed by atoms with Gasteiger partial charge in [0.2, 0.25) is 11.8 Å². The lowest BCUT2D eigenvalue weighted by atomic mass is 9.32. The number of unbranched alkanes of at least 4 members (excludes halogenated alkanes) is 2. The molecule has 10 aliphatic carbocycles. The van der Waals surface area contributed by atoms with Crippen molar-refractivity contribution >= 4 is 35.1 Å². The molecule has 0 aromatic rings. The van der Waals surface area contributed by atoms with Crippen LogP contribution in [0.3, 0.4) is 0 Å². The van der Waals surface area contributed by atoms with Crippen LogP contribution >= 0.6 is 0 Å². The largest absolute Gasteiger partial charge is 0.469 e. The van der Waals surface area contributed by atoms with Crippen LogP contribution in [0.4, 0.5) is 0 Å². The Balaban J connectivity index is 0.643. The van der Waals surface area contributed by atoms with E-state index in [0.717, 1.165) is 116 Å². The zero-order valence-corrected chi connectivity index (χ0v) is 57.9. The SMILES string of the molecule is C=C(C)C1CCC2(C(=O)NCCCCC(N)C(=O)CCNCCC(CCCCNC(=O)C34CCC(C(=C)C)C3[C@H]3CC[C@@H]5[C@@]6(C)CCC(=O)C(C)(C)[C@@H]6CC[C@@]5(C)[C@]3(C)CC4)C(=O)OC)CC[C@]3(C)[C@H](CC[C@@H]4[C@@]5(C)CCC(=O)C(C)(C)[C@@H]5CC[C@]43C)C12. The monoisotopic (exact) mass is 1220 g/mol. The first-order valence-corrected chi connectivity index (χ1v) is 36.3. The topological polar surface area (TPSA) is 174 Å². The number of carbonyl (C=O) groups excluding carboxylic acids is 6. The van der Waals surface area contributed by atoms with Crippen molar-refractivity contribution in [1.82, 2.24) is 16.0 Å². The van der Waals surface area contributed by atoms with Crippen molar-refractivity contribution in [2.75, 3.05) is 33.3 Å². The van der Waals surface area contributed by atoms with Crippen LogP contribution in [-0.4, -0.2) is 74.5 Å². The van der Waals surface area contributed by atoms with E-state index in [-0.39, 0.29) is 89.6 Å². The van der Waals surface area contributed by atoms with E-state index >= 15 is 0 Å². The van der Waals surface area contributed by atoms with Gasteiger partial charge < -0.3 is 26.4 Å². The van der Waals surface area contributed by atoms with Crippen molar-refractivity contribution in [3.63, 3.8) is 0 Å². The molecule has 0 spiro atoms. The number of hydrogen-bond acceptors (Lipinski definition) is 9. The molecule has 494 valence electrons. The van der Waals surface area contributed by atoms with Crippen LogP contribution in [-0.2, 0) is 33.5 Å². The number of hydrogen-bond donors (Lipinski definition) is 4. The van der Waals surface area contributed by atoms with E-state index in [0.29, 0.717) is 130 Å². The molecule has 0 aromatic carbocycles. The molecule has 0 aliphatic heterocycles. The van der Waals surface area contributed by atoms with Gasteiger partial charge in [-0.1, -0.05) is 100.0 Å². The number of methoxy groups -OCH3 is 1. The third-order valence-corrected chi connectivity index (χ3v) is 31.2. The molecule has 10 saturated carbocycles. The number of amides is 2. The second kappa shape index (κ2) is 24.6. The first kappa shape index (κ1) is 67.7. The van der Waals surface area contributed by atoms with Crippen LogP contribution in [0.15, 0.2) is 24.3 Å². The minimum atomic E-state index is -0.555. The number of nitrogens with one attached hydrogen (secondary N) is 3. The maximum atomic E-state index is 14.8. The van der Waals surface area contributed by atoms with Gasteiger partial charge in [0.25, 0.3) is 0 Å². The second-order valence-corrected chi connectivity index (χ2v) is 35.1. The molecule has 10 rings (SSSR count). The van der Waals surface area contributed by atoms with E-state index in [1.54, 1.807) is 0 Å². The highest BCUT2D eigenvalue weighted by atomic mass is 16.5. The van der Waals surface area contributed by atoms with Crippen LogP contribution in [0.25, 0.3) is 0 Å². The Labute approximate surface area is 533 Å². The number of ketones is 3. The van der Waals surface area contributed by atoms with Gasteiger partial charge in [0, 0.05) is 49.7 Å². The average Bonchev–Trinajstić information content (AvgIpc) is 0.994. The molecule has 5 N–H and O–H groups in total. The third-order valence-electron chi connectivity index (χ3n) is 31.2. The lowest BCUT2D eigenvalue weighted by Gasteiger charge is -2.72. The van der Waals surface area contributed by atoms with Gasteiger partial charge in [-0.15, -0.1) is 0 Å². The minimum Gasteiger partial charge on any atom is -0.469 e. The maximum absolute atomic E-state index is 14.8. The molecular formula is C77H124N4O7. The highest BCUT2D eigenvalue weighted by molar-refractivity contribution is 5.87. The van der Waals surface area contributed by atoms with Crippen LogP contribution in [0.2, 0.25) is 0 Å². The molecular weight excluding hydrogens is 1090 g/mol. The zero-order chi connectivity index (χ0) is 64.0.